The maximum Gasteiger partial charge on any atom is -0.0152 e. The Morgan fingerprint density at radius 1 is 0.524 bits per heavy atom. The first-order valence-corrected chi connectivity index (χ1v) is 9.84. The Bertz CT molecular complexity index is 602. The first kappa shape index (κ1) is 15.9. The van der Waals surface area contributed by atoms with E-state index in [1.54, 1.807) is 0 Å². The molecule has 3 rings (SSSR count). The van der Waals surface area contributed by atoms with Gasteiger partial charge in [0, 0.05) is 0 Å². The van der Waals surface area contributed by atoms with Gasteiger partial charge in [0.2, 0.25) is 0 Å². The van der Waals surface area contributed by atoms with E-state index in [0.29, 0.717) is 0 Å². The fraction of sp³-hybridized carbons (Fsp3) is 0. The van der Waals surface area contributed by atoms with Crippen LogP contribution in [0.2, 0.25) is 0 Å². The Kier molecular flexibility index (Phi) is 6.08. The van der Waals surface area contributed by atoms with Crippen LogP contribution in [0.5, 0.6) is 0 Å². The first-order chi connectivity index (χ1) is 9.93. The number of rotatable bonds is 4. The third kappa shape index (κ3) is 4.22. The minimum Gasteiger partial charge on any atom is -0.412 e. The van der Waals surface area contributed by atoms with Crippen molar-refractivity contribution in [1.29, 1.82) is 0 Å². The van der Waals surface area contributed by atoms with Crippen LogP contribution in [-0.4, -0.2) is 5.48 Å². The first-order valence-electron chi connectivity index (χ1n) is 6.65. The molecule has 3 aromatic carbocycles. The van der Waals surface area contributed by atoms with E-state index < -0.39 is 0 Å². The molecule has 0 aliphatic rings. The second-order valence-electron chi connectivity index (χ2n) is 4.48. The van der Waals surface area contributed by atoms with Gasteiger partial charge in [0.1, 0.15) is 0 Å². The SMILES string of the molecule is O.c1ccc(PP(c2ccccc2)c2ccccc2)cc1. The topological polar surface area (TPSA) is 31.5 Å². The molecule has 0 saturated heterocycles. The zero-order valence-electron chi connectivity index (χ0n) is 11.6. The number of benzene rings is 3. The summed E-state index contributed by atoms with van der Waals surface area (Å²) in [5.74, 6) is 0. The molecule has 0 aromatic heterocycles. The van der Waals surface area contributed by atoms with Crippen molar-refractivity contribution in [2.75, 3.05) is 0 Å². The van der Waals surface area contributed by atoms with Crippen LogP contribution in [0.3, 0.4) is 0 Å². The average Bonchev–Trinajstić information content (AvgIpc) is 2.55. The zero-order valence-corrected chi connectivity index (χ0v) is 13.5. The number of hydrogen-bond acceptors (Lipinski definition) is 0. The Morgan fingerprint density at radius 2 is 0.905 bits per heavy atom. The number of hydrogen-bond donors (Lipinski definition) is 0. The van der Waals surface area contributed by atoms with Crippen molar-refractivity contribution in [2.24, 2.45) is 0 Å². The van der Waals surface area contributed by atoms with Gasteiger partial charge in [0.15, 0.2) is 0 Å². The fourth-order valence-electron chi connectivity index (χ4n) is 2.07. The van der Waals surface area contributed by atoms with E-state index in [1.807, 2.05) is 0 Å². The molecule has 0 aliphatic carbocycles. The fourth-order valence-corrected chi connectivity index (χ4v) is 7.06. The lowest BCUT2D eigenvalue weighted by Crippen LogP contribution is -2.10. The zero-order chi connectivity index (χ0) is 13.6. The molecule has 21 heavy (non-hydrogen) atoms. The van der Waals surface area contributed by atoms with Gasteiger partial charge in [-0.2, -0.15) is 0 Å². The Balaban J connectivity index is 0.00000161. The standard InChI is InChI=1S/C18H16P2.H2O/c1-4-10-16(11-5-1)19-20(17-12-6-2-7-13-17)18-14-8-3-9-15-18;/h1-15,19H;1H2. The van der Waals surface area contributed by atoms with E-state index in [4.69, 9.17) is 0 Å². The van der Waals surface area contributed by atoms with Gasteiger partial charge >= 0.3 is 0 Å². The highest BCUT2D eigenvalue weighted by molar-refractivity contribution is 8.31. The summed E-state index contributed by atoms with van der Waals surface area (Å²) in [6.45, 7) is 0. The van der Waals surface area contributed by atoms with Gasteiger partial charge < -0.3 is 5.48 Å². The van der Waals surface area contributed by atoms with E-state index in [-0.39, 0.29) is 13.1 Å². The van der Waals surface area contributed by atoms with Crippen LogP contribution in [0.15, 0.2) is 91.0 Å². The predicted molar refractivity (Wildman–Crippen MR) is 97.1 cm³/mol. The molecule has 0 heterocycles. The molecule has 0 bridgehead atoms. The summed E-state index contributed by atoms with van der Waals surface area (Å²) in [7, 11) is 0.516. The van der Waals surface area contributed by atoms with Crippen LogP contribution in [0.4, 0.5) is 0 Å². The predicted octanol–water partition coefficient (Wildman–Crippen LogP) is 3.21. The van der Waals surface area contributed by atoms with Crippen LogP contribution in [-0.2, 0) is 0 Å². The molecule has 1 nitrogen and oxygen atoms in total. The van der Waals surface area contributed by atoms with E-state index in [1.165, 1.54) is 15.9 Å². The minimum atomic E-state index is -0.299. The normalized spacial score (nSPS) is 10.7. The lowest BCUT2D eigenvalue weighted by molar-refractivity contribution is 0.824. The highest BCUT2D eigenvalue weighted by Crippen LogP contribution is 2.52. The van der Waals surface area contributed by atoms with E-state index in [0.717, 1.165) is 8.27 Å². The molecule has 0 radical (unpaired) electrons. The second kappa shape index (κ2) is 8.05. The molecule has 0 spiro atoms. The lowest BCUT2D eigenvalue weighted by Gasteiger charge is -2.18. The third-order valence-corrected chi connectivity index (χ3v) is 8.48. The van der Waals surface area contributed by atoms with Crippen molar-refractivity contribution in [3.63, 3.8) is 0 Å². The van der Waals surface area contributed by atoms with Gasteiger partial charge in [-0.1, -0.05) is 99.3 Å². The van der Waals surface area contributed by atoms with Crippen molar-refractivity contribution >= 4 is 31.8 Å². The van der Waals surface area contributed by atoms with Gasteiger partial charge in [-0.3, -0.25) is 0 Å². The maximum atomic E-state index is 2.26. The minimum absolute atomic E-state index is 0. The quantitative estimate of drug-likeness (QED) is 0.663. The van der Waals surface area contributed by atoms with Crippen LogP contribution in [0.25, 0.3) is 0 Å². The van der Waals surface area contributed by atoms with Gasteiger partial charge in [-0.15, -0.1) is 0 Å². The Hall–Kier alpha value is -1.52. The molecular weight excluding hydrogens is 294 g/mol. The van der Waals surface area contributed by atoms with Crippen molar-refractivity contribution in [3.8, 4) is 0 Å². The largest absolute Gasteiger partial charge is 0.412 e. The van der Waals surface area contributed by atoms with E-state index in [2.05, 4.69) is 91.0 Å². The van der Waals surface area contributed by atoms with E-state index in [9.17, 15) is 0 Å². The summed E-state index contributed by atoms with van der Waals surface area (Å²) in [6.07, 6.45) is 0. The van der Waals surface area contributed by atoms with Crippen molar-refractivity contribution < 1.29 is 5.48 Å². The summed E-state index contributed by atoms with van der Waals surface area (Å²) < 4.78 is 0. The molecule has 0 saturated carbocycles. The molecule has 0 aliphatic heterocycles. The summed E-state index contributed by atoms with van der Waals surface area (Å²) >= 11 is 0. The summed E-state index contributed by atoms with van der Waals surface area (Å²) in [5.41, 5.74) is 0. The Labute approximate surface area is 128 Å². The van der Waals surface area contributed by atoms with Crippen molar-refractivity contribution in [1.82, 2.24) is 0 Å². The van der Waals surface area contributed by atoms with E-state index >= 15 is 0 Å². The smallest absolute Gasteiger partial charge is 0.0152 e. The highest BCUT2D eigenvalue weighted by atomic mass is 32.0. The molecule has 3 aromatic rings. The molecule has 0 amide bonds. The monoisotopic (exact) mass is 312 g/mol. The van der Waals surface area contributed by atoms with Gasteiger partial charge in [-0.05, 0) is 23.5 Å². The maximum absolute atomic E-state index is 2.26. The molecule has 3 heteroatoms. The summed E-state index contributed by atoms with van der Waals surface area (Å²) in [5, 5.41) is 4.35. The van der Waals surface area contributed by atoms with Gasteiger partial charge in [0.25, 0.3) is 0 Å². The van der Waals surface area contributed by atoms with Crippen molar-refractivity contribution in [2.45, 2.75) is 0 Å². The van der Waals surface area contributed by atoms with Crippen LogP contribution in [0.1, 0.15) is 0 Å². The lowest BCUT2D eigenvalue weighted by atomic mass is 10.4. The second-order valence-corrected chi connectivity index (χ2v) is 9.00. The summed E-state index contributed by atoms with van der Waals surface area (Å²) in [4.78, 5) is 0. The molecule has 2 N–H and O–H groups in total. The highest BCUT2D eigenvalue weighted by Gasteiger charge is 2.13. The molecular formula is C18H18OP2. The van der Waals surface area contributed by atoms with Crippen molar-refractivity contribution in [3.05, 3.63) is 91.0 Å². The third-order valence-electron chi connectivity index (χ3n) is 3.04. The van der Waals surface area contributed by atoms with Gasteiger partial charge in [0.05, 0.1) is 0 Å². The van der Waals surface area contributed by atoms with Gasteiger partial charge in [-0.25, -0.2) is 0 Å². The van der Waals surface area contributed by atoms with Crippen LogP contribution < -0.4 is 15.9 Å². The van der Waals surface area contributed by atoms with Crippen LogP contribution in [0, 0.1) is 0 Å². The molecule has 1 atom stereocenters. The van der Waals surface area contributed by atoms with Crippen LogP contribution >= 0.6 is 15.9 Å². The molecule has 0 fully saturated rings. The summed E-state index contributed by atoms with van der Waals surface area (Å²) in [6, 6.07) is 32.6. The average molecular weight is 312 g/mol. The Morgan fingerprint density at radius 3 is 1.33 bits per heavy atom. The molecule has 1 unspecified atom stereocenters. The molecule has 106 valence electrons.